The molecular formula is C11H15NO2. The Morgan fingerprint density at radius 1 is 1.36 bits per heavy atom. The molecule has 1 aromatic carbocycles. The number of rotatable bonds is 2. The van der Waals surface area contributed by atoms with Crippen LogP contribution in [0.25, 0.3) is 0 Å². The molecule has 0 aliphatic carbocycles. The van der Waals surface area contributed by atoms with Crippen molar-refractivity contribution in [1.82, 2.24) is 0 Å². The lowest BCUT2D eigenvalue weighted by Crippen LogP contribution is -2.27. The number of benzene rings is 1. The Labute approximate surface area is 83.6 Å². The molecule has 0 aromatic heterocycles. The third kappa shape index (κ3) is 1.93. The average molecular weight is 193 g/mol. The van der Waals surface area contributed by atoms with Crippen LogP contribution < -0.4 is 5.73 Å². The van der Waals surface area contributed by atoms with E-state index >= 15 is 0 Å². The lowest BCUT2D eigenvalue weighted by Gasteiger charge is -2.09. The van der Waals surface area contributed by atoms with Crippen molar-refractivity contribution in [2.45, 2.75) is 26.8 Å². The van der Waals surface area contributed by atoms with E-state index in [-0.39, 0.29) is 11.5 Å². The Morgan fingerprint density at radius 3 is 2.43 bits per heavy atom. The maximum absolute atomic E-state index is 11.6. The molecule has 0 saturated heterocycles. The zero-order valence-corrected chi connectivity index (χ0v) is 8.66. The van der Waals surface area contributed by atoms with Gasteiger partial charge in [0, 0.05) is 5.56 Å². The second-order valence-electron chi connectivity index (χ2n) is 3.61. The van der Waals surface area contributed by atoms with E-state index in [1.165, 1.54) is 0 Å². The molecule has 0 amide bonds. The van der Waals surface area contributed by atoms with Gasteiger partial charge in [-0.25, -0.2) is 0 Å². The van der Waals surface area contributed by atoms with E-state index in [2.05, 4.69) is 0 Å². The van der Waals surface area contributed by atoms with E-state index in [4.69, 9.17) is 5.73 Å². The van der Waals surface area contributed by atoms with Crippen molar-refractivity contribution in [3.8, 4) is 5.75 Å². The topological polar surface area (TPSA) is 63.3 Å². The molecule has 0 bridgehead atoms. The molecule has 1 rings (SSSR count). The van der Waals surface area contributed by atoms with Crippen LogP contribution >= 0.6 is 0 Å². The van der Waals surface area contributed by atoms with E-state index in [0.29, 0.717) is 11.1 Å². The summed E-state index contributed by atoms with van der Waals surface area (Å²) >= 11 is 0. The maximum Gasteiger partial charge on any atom is 0.179 e. The van der Waals surface area contributed by atoms with Gasteiger partial charge in [-0.05, 0) is 44.0 Å². The van der Waals surface area contributed by atoms with Crippen LogP contribution in [0, 0.1) is 13.8 Å². The van der Waals surface area contributed by atoms with Gasteiger partial charge in [-0.2, -0.15) is 0 Å². The monoisotopic (exact) mass is 193 g/mol. The van der Waals surface area contributed by atoms with Crippen LogP contribution in [0.15, 0.2) is 12.1 Å². The summed E-state index contributed by atoms with van der Waals surface area (Å²) in [6.07, 6.45) is 0. The molecule has 14 heavy (non-hydrogen) atoms. The Morgan fingerprint density at radius 2 is 1.93 bits per heavy atom. The number of ketones is 1. The number of Topliss-reactive ketones (excluding diaryl/α,β-unsaturated/α-hetero) is 1. The minimum atomic E-state index is -0.502. The first-order valence-corrected chi connectivity index (χ1v) is 4.53. The molecule has 3 heteroatoms. The molecule has 0 aliphatic rings. The number of phenolic OH excluding ortho intramolecular Hbond substituents is 1. The van der Waals surface area contributed by atoms with E-state index < -0.39 is 6.04 Å². The molecule has 3 nitrogen and oxygen atoms in total. The molecule has 0 aliphatic heterocycles. The molecule has 0 radical (unpaired) electrons. The lowest BCUT2D eigenvalue weighted by molar-refractivity contribution is 0.0967. The summed E-state index contributed by atoms with van der Waals surface area (Å²) in [7, 11) is 0. The predicted octanol–water partition coefficient (Wildman–Crippen LogP) is 1.54. The number of hydrogen-bond acceptors (Lipinski definition) is 3. The Kier molecular flexibility index (Phi) is 2.91. The first-order chi connectivity index (χ1) is 6.43. The van der Waals surface area contributed by atoms with Gasteiger partial charge in [-0.1, -0.05) is 0 Å². The summed E-state index contributed by atoms with van der Waals surface area (Å²) < 4.78 is 0. The van der Waals surface area contributed by atoms with Crippen LogP contribution in [-0.4, -0.2) is 16.9 Å². The van der Waals surface area contributed by atoms with E-state index in [9.17, 15) is 9.90 Å². The van der Waals surface area contributed by atoms with Crippen molar-refractivity contribution >= 4 is 5.78 Å². The summed E-state index contributed by atoms with van der Waals surface area (Å²) in [5.74, 6) is 0.120. The molecule has 0 spiro atoms. The molecule has 1 unspecified atom stereocenters. The van der Waals surface area contributed by atoms with Crippen molar-refractivity contribution in [3.05, 3.63) is 28.8 Å². The van der Waals surface area contributed by atoms with Crippen LogP contribution in [-0.2, 0) is 0 Å². The summed E-state index contributed by atoms with van der Waals surface area (Å²) in [5.41, 5.74) is 7.56. The summed E-state index contributed by atoms with van der Waals surface area (Å²) in [5, 5.41) is 9.40. The summed E-state index contributed by atoms with van der Waals surface area (Å²) in [6, 6.07) is 2.76. The van der Waals surface area contributed by atoms with Crippen LogP contribution in [0.4, 0.5) is 0 Å². The fourth-order valence-electron chi connectivity index (χ4n) is 1.31. The average Bonchev–Trinajstić information content (AvgIpc) is 2.10. The fraction of sp³-hybridized carbons (Fsp3) is 0.364. The highest BCUT2D eigenvalue weighted by Crippen LogP contribution is 2.21. The van der Waals surface area contributed by atoms with Gasteiger partial charge in [-0.15, -0.1) is 0 Å². The number of aryl methyl sites for hydroxylation is 2. The fourth-order valence-corrected chi connectivity index (χ4v) is 1.31. The molecule has 0 saturated carbocycles. The second-order valence-corrected chi connectivity index (χ2v) is 3.61. The Bertz CT molecular complexity index is 370. The summed E-state index contributed by atoms with van der Waals surface area (Å²) in [6.45, 7) is 5.20. The largest absolute Gasteiger partial charge is 0.508 e. The van der Waals surface area contributed by atoms with E-state index in [0.717, 1.165) is 5.56 Å². The standard InChI is InChI=1S/C11H15NO2/c1-6-5-10(13)7(2)4-9(6)11(14)8(3)12/h4-5,8,13H,12H2,1-3H3. The normalized spacial score (nSPS) is 12.6. The number of hydrogen-bond donors (Lipinski definition) is 2. The van der Waals surface area contributed by atoms with Gasteiger partial charge in [0.05, 0.1) is 6.04 Å². The number of carbonyl (C=O) groups excluding carboxylic acids is 1. The van der Waals surface area contributed by atoms with Crippen molar-refractivity contribution in [2.24, 2.45) is 5.73 Å². The number of nitrogens with two attached hydrogens (primary N) is 1. The highest BCUT2D eigenvalue weighted by molar-refractivity contribution is 6.01. The van der Waals surface area contributed by atoms with Gasteiger partial charge in [-0.3, -0.25) is 4.79 Å². The minimum Gasteiger partial charge on any atom is -0.508 e. The second kappa shape index (κ2) is 3.80. The predicted molar refractivity (Wildman–Crippen MR) is 55.6 cm³/mol. The molecule has 1 aromatic rings. The quantitative estimate of drug-likeness (QED) is 0.700. The van der Waals surface area contributed by atoms with Gasteiger partial charge >= 0.3 is 0 Å². The van der Waals surface area contributed by atoms with E-state index in [1.807, 2.05) is 0 Å². The number of aromatic hydroxyl groups is 1. The van der Waals surface area contributed by atoms with Crippen LogP contribution in [0.2, 0.25) is 0 Å². The number of carbonyl (C=O) groups is 1. The number of phenols is 1. The molecule has 3 N–H and O–H groups in total. The minimum absolute atomic E-state index is 0.0920. The maximum atomic E-state index is 11.6. The first kappa shape index (κ1) is 10.7. The third-order valence-electron chi connectivity index (χ3n) is 2.22. The molecule has 1 atom stereocenters. The van der Waals surface area contributed by atoms with Crippen molar-refractivity contribution < 1.29 is 9.90 Å². The third-order valence-corrected chi connectivity index (χ3v) is 2.22. The summed E-state index contributed by atoms with van der Waals surface area (Å²) in [4.78, 5) is 11.6. The van der Waals surface area contributed by atoms with Gasteiger partial charge in [0.15, 0.2) is 5.78 Å². The molecule has 0 fully saturated rings. The van der Waals surface area contributed by atoms with Crippen molar-refractivity contribution in [2.75, 3.05) is 0 Å². The first-order valence-electron chi connectivity index (χ1n) is 4.53. The Hall–Kier alpha value is -1.35. The smallest absolute Gasteiger partial charge is 0.179 e. The van der Waals surface area contributed by atoms with Crippen LogP contribution in [0.3, 0.4) is 0 Å². The van der Waals surface area contributed by atoms with Crippen LogP contribution in [0.1, 0.15) is 28.4 Å². The highest BCUT2D eigenvalue weighted by Gasteiger charge is 2.14. The molecule has 76 valence electrons. The van der Waals surface area contributed by atoms with Gasteiger partial charge in [0.2, 0.25) is 0 Å². The van der Waals surface area contributed by atoms with Crippen molar-refractivity contribution in [1.29, 1.82) is 0 Å². The SMILES string of the molecule is Cc1cc(C(=O)C(C)N)c(C)cc1O. The van der Waals surface area contributed by atoms with Crippen molar-refractivity contribution in [3.63, 3.8) is 0 Å². The molecular weight excluding hydrogens is 178 g/mol. The highest BCUT2D eigenvalue weighted by atomic mass is 16.3. The van der Waals surface area contributed by atoms with Crippen LogP contribution in [0.5, 0.6) is 5.75 Å². The molecule has 0 heterocycles. The zero-order valence-electron chi connectivity index (χ0n) is 8.66. The van der Waals surface area contributed by atoms with E-state index in [1.54, 1.807) is 32.9 Å². The Balaban J connectivity index is 3.22. The van der Waals surface area contributed by atoms with Gasteiger partial charge < -0.3 is 10.8 Å². The van der Waals surface area contributed by atoms with Gasteiger partial charge in [0.25, 0.3) is 0 Å². The van der Waals surface area contributed by atoms with Gasteiger partial charge in [0.1, 0.15) is 5.75 Å². The lowest BCUT2D eigenvalue weighted by atomic mass is 9.98. The zero-order chi connectivity index (χ0) is 10.9.